The van der Waals surface area contributed by atoms with Gasteiger partial charge in [0.1, 0.15) is 0 Å². The van der Waals surface area contributed by atoms with Gasteiger partial charge in [-0.1, -0.05) is 0 Å². The predicted molar refractivity (Wildman–Crippen MR) is 55.9 cm³/mol. The maximum atomic E-state index is 10.6. The molecule has 0 amide bonds. The molecule has 122 valence electrons. The van der Waals surface area contributed by atoms with Gasteiger partial charge in [0, 0.05) is 60.6 Å². The molecule has 6 N–H and O–H groups in total. The molecule has 0 aromatic carbocycles. The molecule has 0 saturated heterocycles. The van der Waals surface area contributed by atoms with Crippen molar-refractivity contribution in [2.75, 3.05) is 0 Å². The first kappa shape index (κ1) is 25.7. The molecule has 11 nitrogen and oxygen atoms in total. The quantitative estimate of drug-likeness (QED) is 0.378. The summed E-state index contributed by atoms with van der Waals surface area (Å²) in [6.45, 7) is 0. The summed E-state index contributed by atoms with van der Waals surface area (Å²) in [5, 5.41) is 42.5. The molecule has 0 rings (SSSR count). The Morgan fingerprint density at radius 2 is 0.773 bits per heavy atom. The number of aliphatic carboxylic acids is 4. The van der Waals surface area contributed by atoms with E-state index in [1.54, 1.807) is 0 Å². The normalized spacial score (nSPS) is 10.8. The second kappa shape index (κ2) is 9.71. The Morgan fingerprint density at radius 3 is 0.864 bits per heavy atom. The minimum absolute atomic E-state index is 0. The van der Waals surface area contributed by atoms with Crippen LogP contribution in [-0.4, -0.2) is 40.4 Å². The molecule has 0 saturated carbocycles. The number of carboxylic acids is 4. The van der Waals surface area contributed by atoms with E-state index in [0.717, 1.165) is 0 Å². The van der Waals surface area contributed by atoms with Gasteiger partial charge in [-0.2, -0.15) is 0 Å². The molecule has 0 aliphatic carbocycles. The van der Waals surface area contributed by atoms with Crippen LogP contribution >= 0.6 is 0 Å². The first-order valence-corrected chi connectivity index (χ1v) is 5.29. The molecule has 0 radical (unpaired) electrons. The number of nitrogens with two attached hydrogens (primary N) is 2. The van der Waals surface area contributed by atoms with Crippen molar-refractivity contribution in [3.8, 4) is 0 Å². The Balaban J connectivity index is -0.00000180. The molecule has 0 aliphatic rings. The number of rotatable bonds is 9. The molecule has 0 unspecified atom stereocenters. The fourth-order valence-electron chi connectivity index (χ4n) is 1.86. The second-order valence-corrected chi connectivity index (χ2v) is 4.51. The number of carboxylic acid groups (broad SMARTS) is 4. The van der Waals surface area contributed by atoms with Crippen LogP contribution in [0.3, 0.4) is 0 Å². The van der Waals surface area contributed by atoms with Crippen LogP contribution < -0.4 is 61.5 Å². The van der Waals surface area contributed by atoms with Crippen molar-refractivity contribution in [2.45, 2.75) is 36.8 Å². The monoisotopic (exact) mass is 329 g/mol. The summed E-state index contributed by atoms with van der Waals surface area (Å²) in [6, 6.07) is 0. The number of hydrogen-bond donors (Lipinski definition) is 2. The minimum Gasteiger partial charge on any atom is -0.550 e. The number of carbonyl (C=O) groups is 4. The van der Waals surface area contributed by atoms with Crippen molar-refractivity contribution < 1.29 is 74.6 Å². The SMILES string of the molecule is NC(CC(=O)[O-])(CC(=O)[O-])C(N)(CC(=O)[O-])CC(=O)[O-].O.[Na+]. The summed E-state index contributed by atoms with van der Waals surface area (Å²) in [5.74, 6) is -7.33. The van der Waals surface area contributed by atoms with E-state index in [-0.39, 0.29) is 35.0 Å². The van der Waals surface area contributed by atoms with Crippen molar-refractivity contribution in [1.82, 2.24) is 0 Å². The van der Waals surface area contributed by atoms with E-state index < -0.39 is 60.6 Å². The van der Waals surface area contributed by atoms with Crippen molar-refractivity contribution >= 4 is 23.9 Å². The fraction of sp³-hybridized carbons (Fsp3) is 0.600. The van der Waals surface area contributed by atoms with Crippen LogP contribution in [0.25, 0.3) is 0 Å². The van der Waals surface area contributed by atoms with Gasteiger partial charge in [-0.15, -0.1) is 0 Å². The molecule has 0 bridgehead atoms. The van der Waals surface area contributed by atoms with Gasteiger partial charge in [0.15, 0.2) is 0 Å². The van der Waals surface area contributed by atoms with Gasteiger partial charge in [0.25, 0.3) is 0 Å². The standard InChI is InChI=1S/C10H16N2O8.Na.H2O/c11-9(1-5(13)14,2-6(15)16)10(12,3-7(17)18)4-8(19)20;;/h1-4,11-12H2,(H,13,14)(H,15,16)(H,17,18)(H,19,20);;1H2/q;+1;/p-4. The van der Waals surface area contributed by atoms with Gasteiger partial charge < -0.3 is 56.5 Å². The topological polar surface area (TPSA) is 244 Å². The maximum absolute atomic E-state index is 10.6. The molecule has 12 heteroatoms. The first-order chi connectivity index (χ1) is 8.92. The fourth-order valence-corrected chi connectivity index (χ4v) is 1.86. The zero-order chi connectivity index (χ0) is 16.1. The Bertz CT molecular complexity index is 368. The molecule has 0 fully saturated rings. The smallest absolute Gasteiger partial charge is 0.550 e. The van der Waals surface area contributed by atoms with E-state index in [1.165, 1.54) is 0 Å². The summed E-state index contributed by atoms with van der Waals surface area (Å²) in [5.41, 5.74) is 6.20. The summed E-state index contributed by atoms with van der Waals surface area (Å²) >= 11 is 0. The van der Waals surface area contributed by atoms with E-state index >= 15 is 0 Å². The number of carbonyl (C=O) groups excluding carboxylic acids is 4. The molecular weight excluding hydrogens is 315 g/mol. The van der Waals surface area contributed by atoms with Crippen LogP contribution in [0.5, 0.6) is 0 Å². The third kappa shape index (κ3) is 7.68. The largest absolute Gasteiger partial charge is 1.00 e. The van der Waals surface area contributed by atoms with E-state index in [4.69, 9.17) is 11.5 Å². The summed E-state index contributed by atoms with van der Waals surface area (Å²) in [6.07, 6.45) is -4.73. The summed E-state index contributed by atoms with van der Waals surface area (Å²) in [7, 11) is 0. The maximum Gasteiger partial charge on any atom is 1.00 e. The van der Waals surface area contributed by atoms with Gasteiger partial charge in [-0.05, 0) is 0 Å². The Labute approximate surface area is 146 Å². The molecule has 0 atom stereocenters. The van der Waals surface area contributed by atoms with Gasteiger partial charge >= 0.3 is 29.6 Å². The van der Waals surface area contributed by atoms with Gasteiger partial charge in [-0.3, -0.25) is 0 Å². The Morgan fingerprint density at radius 1 is 0.636 bits per heavy atom. The van der Waals surface area contributed by atoms with Crippen LogP contribution in [0.1, 0.15) is 25.7 Å². The molecule has 0 heterocycles. The van der Waals surface area contributed by atoms with E-state index in [0.29, 0.717) is 0 Å². The van der Waals surface area contributed by atoms with Crippen LogP contribution in [0.15, 0.2) is 0 Å². The third-order valence-electron chi connectivity index (χ3n) is 2.83. The first-order valence-electron chi connectivity index (χ1n) is 5.29. The van der Waals surface area contributed by atoms with E-state index in [9.17, 15) is 39.6 Å². The van der Waals surface area contributed by atoms with E-state index in [2.05, 4.69) is 0 Å². The summed E-state index contributed by atoms with van der Waals surface area (Å²) in [4.78, 5) is 42.5. The van der Waals surface area contributed by atoms with Crippen molar-refractivity contribution in [3.63, 3.8) is 0 Å². The van der Waals surface area contributed by atoms with Crippen LogP contribution in [-0.2, 0) is 19.2 Å². The van der Waals surface area contributed by atoms with Crippen LogP contribution in [0, 0.1) is 0 Å². The van der Waals surface area contributed by atoms with Crippen LogP contribution in [0.2, 0.25) is 0 Å². The van der Waals surface area contributed by atoms with Gasteiger partial charge in [0.2, 0.25) is 0 Å². The third-order valence-corrected chi connectivity index (χ3v) is 2.83. The molecule has 22 heavy (non-hydrogen) atoms. The van der Waals surface area contributed by atoms with Crippen molar-refractivity contribution in [2.24, 2.45) is 11.5 Å². The number of hydrogen-bond acceptors (Lipinski definition) is 10. The second-order valence-electron chi connectivity index (χ2n) is 4.51. The molecule has 0 aliphatic heterocycles. The van der Waals surface area contributed by atoms with Crippen molar-refractivity contribution in [3.05, 3.63) is 0 Å². The van der Waals surface area contributed by atoms with Gasteiger partial charge in [-0.25, -0.2) is 0 Å². The Hall–Kier alpha value is -1.24. The zero-order valence-corrected chi connectivity index (χ0v) is 13.7. The van der Waals surface area contributed by atoms with E-state index in [1.807, 2.05) is 0 Å². The van der Waals surface area contributed by atoms with Gasteiger partial charge in [0.05, 0.1) is 0 Å². The predicted octanol–water partition coefficient (Wildman–Crippen LogP) is -10.9. The average molecular weight is 329 g/mol. The van der Waals surface area contributed by atoms with Crippen LogP contribution in [0.4, 0.5) is 0 Å². The molecule has 0 aromatic rings. The average Bonchev–Trinajstić information content (AvgIpc) is 2.10. The molecule has 0 aromatic heterocycles. The Kier molecular flexibility index (Phi) is 11.3. The minimum atomic E-state index is -2.43. The molecule has 0 spiro atoms. The zero-order valence-electron chi connectivity index (χ0n) is 11.7. The molecular formula is C10H14N2NaO9-3. The summed E-state index contributed by atoms with van der Waals surface area (Å²) < 4.78 is 0. The van der Waals surface area contributed by atoms with Crippen molar-refractivity contribution in [1.29, 1.82) is 0 Å².